The summed E-state index contributed by atoms with van der Waals surface area (Å²) < 4.78 is 7.36. The maximum Gasteiger partial charge on any atom is 0.338 e. The fourth-order valence-corrected chi connectivity index (χ4v) is 5.34. The van der Waals surface area contributed by atoms with E-state index in [2.05, 4.69) is 18.8 Å². The number of carbonyl (C=O) groups excluding carboxylic acids is 1. The SMILES string of the molecule is CCOC(=O)C1=C(C)N=c2sc(=Cc3cccc(Cl)c3Cl)c(=O)n2[C@H]1c1ccc(C(C)C)cc1. The van der Waals surface area contributed by atoms with Gasteiger partial charge in [-0.1, -0.05) is 84.8 Å². The molecule has 0 fully saturated rings. The maximum absolute atomic E-state index is 13.6. The Hall–Kier alpha value is -2.67. The largest absolute Gasteiger partial charge is 0.463 e. The number of halogens is 2. The van der Waals surface area contributed by atoms with Crippen molar-refractivity contribution in [3.63, 3.8) is 0 Å². The van der Waals surface area contributed by atoms with Gasteiger partial charge in [-0.25, -0.2) is 9.79 Å². The smallest absolute Gasteiger partial charge is 0.338 e. The Kier molecular flexibility index (Phi) is 7.12. The Bertz CT molecular complexity index is 1470. The van der Waals surface area contributed by atoms with Gasteiger partial charge in [0.15, 0.2) is 4.80 Å². The van der Waals surface area contributed by atoms with Crippen LogP contribution in [0.15, 0.2) is 63.5 Å². The van der Waals surface area contributed by atoms with Gasteiger partial charge in [-0.05, 0) is 48.6 Å². The molecule has 1 aliphatic heterocycles. The van der Waals surface area contributed by atoms with E-state index in [1.807, 2.05) is 24.3 Å². The van der Waals surface area contributed by atoms with Crippen LogP contribution >= 0.6 is 34.5 Å². The number of hydrogen-bond donors (Lipinski definition) is 0. The van der Waals surface area contributed by atoms with Crippen molar-refractivity contribution in [1.29, 1.82) is 0 Å². The molecule has 1 aliphatic rings. The molecule has 176 valence electrons. The molecule has 0 radical (unpaired) electrons. The molecule has 1 aromatic heterocycles. The zero-order chi connectivity index (χ0) is 24.6. The van der Waals surface area contributed by atoms with Gasteiger partial charge in [0.25, 0.3) is 5.56 Å². The summed E-state index contributed by atoms with van der Waals surface area (Å²) in [5, 5.41) is 0.783. The standard InChI is InChI=1S/C26H24Cl2N2O3S/c1-5-33-25(32)21-15(4)29-26-30(23(21)17-11-9-16(10-12-17)14(2)3)24(31)20(34-26)13-18-7-6-8-19(27)22(18)28/h6-14,23H,5H2,1-4H3/t23-/m0/s1. The van der Waals surface area contributed by atoms with Crippen molar-refractivity contribution in [2.24, 2.45) is 4.99 Å². The Balaban J connectivity index is 1.95. The summed E-state index contributed by atoms with van der Waals surface area (Å²) >= 11 is 13.8. The number of nitrogens with zero attached hydrogens (tertiary/aromatic N) is 2. The minimum atomic E-state index is -0.645. The summed E-state index contributed by atoms with van der Waals surface area (Å²) in [6.07, 6.45) is 1.71. The molecule has 4 rings (SSSR count). The molecule has 5 nitrogen and oxygen atoms in total. The number of aromatic nitrogens is 1. The molecular weight excluding hydrogens is 491 g/mol. The number of benzene rings is 2. The van der Waals surface area contributed by atoms with Crippen molar-refractivity contribution < 1.29 is 9.53 Å². The van der Waals surface area contributed by atoms with Crippen LogP contribution in [0.3, 0.4) is 0 Å². The summed E-state index contributed by atoms with van der Waals surface area (Å²) in [6, 6.07) is 12.6. The first kappa shape index (κ1) is 24.5. The number of thiazole rings is 1. The zero-order valence-electron chi connectivity index (χ0n) is 19.3. The predicted molar refractivity (Wildman–Crippen MR) is 137 cm³/mol. The van der Waals surface area contributed by atoms with Crippen LogP contribution in [0.4, 0.5) is 0 Å². The van der Waals surface area contributed by atoms with E-state index in [4.69, 9.17) is 27.9 Å². The van der Waals surface area contributed by atoms with Gasteiger partial charge in [0.05, 0.1) is 38.5 Å². The molecule has 8 heteroatoms. The molecule has 34 heavy (non-hydrogen) atoms. The number of allylic oxidation sites excluding steroid dienone is 1. The van der Waals surface area contributed by atoms with Crippen molar-refractivity contribution in [2.75, 3.05) is 6.61 Å². The van der Waals surface area contributed by atoms with Gasteiger partial charge < -0.3 is 4.74 Å². The van der Waals surface area contributed by atoms with E-state index in [0.717, 1.165) is 5.56 Å². The van der Waals surface area contributed by atoms with Gasteiger partial charge in [0.2, 0.25) is 0 Å². The van der Waals surface area contributed by atoms with Gasteiger partial charge in [0.1, 0.15) is 0 Å². The van der Waals surface area contributed by atoms with Crippen molar-refractivity contribution >= 4 is 46.6 Å². The van der Waals surface area contributed by atoms with E-state index in [1.54, 1.807) is 42.7 Å². The molecule has 0 saturated carbocycles. The highest BCUT2D eigenvalue weighted by Gasteiger charge is 2.33. The number of esters is 1. The molecule has 0 aliphatic carbocycles. The first-order valence-corrected chi connectivity index (χ1v) is 12.5. The van der Waals surface area contributed by atoms with Crippen molar-refractivity contribution in [2.45, 2.75) is 39.7 Å². The lowest BCUT2D eigenvalue weighted by atomic mass is 9.93. The van der Waals surface area contributed by atoms with E-state index in [1.165, 1.54) is 16.9 Å². The first-order valence-electron chi connectivity index (χ1n) is 11.0. The second-order valence-electron chi connectivity index (χ2n) is 8.27. The molecule has 3 aromatic rings. The van der Waals surface area contributed by atoms with Crippen LogP contribution in [0.1, 0.15) is 56.3 Å². The summed E-state index contributed by atoms with van der Waals surface area (Å²) in [5.41, 5.74) is 3.26. The second kappa shape index (κ2) is 9.90. The lowest BCUT2D eigenvalue weighted by molar-refractivity contribution is -0.139. The summed E-state index contributed by atoms with van der Waals surface area (Å²) in [4.78, 5) is 31.7. The Morgan fingerprint density at radius 3 is 2.56 bits per heavy atom. The van der Waals surface area contributed by atoms with Crippen molar-refractivity contribution in [3.05, 3.63) is 100 Å². The van der Waals surface area contributed by atoms with E-state index >= 15 is 0 Å². The predicted octanol–water partition coefficient (Wildman–Crippen LogP) is 5.23. The van der Waals surface area contributed by atoms with Gasteiger partial charge >= 0.3 is 5.97 Å². The molecule has 0 saturated heterocycles. The average Bonchev–Trinajstić information content (AvgIpc) is 3.10. The van der Waals surface area contributed by atoms with Gasteiger partial charge in [-0.2, -0.15) is 0 Å². The third-order valence-electron chi connectivity index (χ3n) is 5.70. The number of hydrogen-bond acceptors (Lipinski definition) is 5. The third-order valence-corrected chi connectivity index (χ3v) is 7.52. The van der Waals surface area contributed by atoms with E-state index in [-0.39, 0.29) is 12.2 Å². The quantitative estimate of drug-likeness (QED) is 0.438. The van der Waals surface area contributed by atoms with Crippen LogP contribution in [0.2, 0.25) is 10.0 Å². The summed E-state index contributed by atoms with van der Waals surface area (Å²) in [7, 11) is 0. The summed E-state index contributed by atoms with van der Waals surface area (Å²) in [6.45, 7) is 7.99. The van der Waals surface area contributed by atoms with Gasteiger partial charge in [-0.15, -0.1) is 0 Å². The summed E-state index contributed by atoms with van der Waals surface area (Å²) in [5.74, 6) is -0.117. The first-order chi connectivity index (χ1) is 16.2. The Labute approximate surface area is 211 Å². The zero-order valence-corrected chi connectivity index (χ0v) is 21.6. The highest BCUT2D eigenvalue weighted by atomic mass is 35.5. The number of rotatable bonds is 5. The third kappa shape index (κ3) is 4.50. The van der Waals surface area contributed by atoms with E-state index in [0.29, 0.717) is 42.1 Å². The Morgan fingerprint density at radius 1 is 1.21 bits per heavy atom. The van der Waals surface area contributed by atoms with Crippen LogP contribution in [0.25, 0.3) is 6.08 Å². The number of carbonyl (C=O) groups is 1. The van der Waals surface area contributed by atoms with Crippen LogP contribution in [0.5, 0.6) is 0 Å². The van der Waals surface area contributed by atoms with Gasteiger partial charge in [-0.3, -0.25) is 9.36 Å². The van der Waals surface area contributed by atoms with Crippen molar-refractivity contribution in [1.82, 2.24) is 4.57 Å². The molecule has 1 atom stereocenters. The fraction of sp³-hybridized carbons (Fsp3) is 0.269. The van der Waals surface area contributed by atoms with E-state index < -0.39 is 12.0 Å². The lowest BCUT2D eigenvalue weighted by Gasteiger charge is -2.25. The molecule has 0 amide bonds. The molecule has 0 unspecified atom stereocenters. The molecular formula is C26H24Cl2N2O3S. The fourth-order valence-electron chi connectivity index (χ4n) is 3.94. The van der Waals surface area contributed by atoms with Crippen molar-refractivity contribution in [3.8, 4) is 0 Å². The number of ether oxygens (including phenoxy) is 1. The second-order valence-corrected chi connectivity index (χ2v) is 10.1. The topological polar surface area (TPSA) is 60.7 Å². The van der Waals surface area contributed by atoms with Gasteiger partial charge in [0, 0.05) is 0 Å². The van der Waals surface area contributed by atoms with Crippen LogP contribution in [-0.4, -0.2) is 17.1 Å². The molecule has 0 N–H and O–H groups in total. The van der Waals surface area contributed by atoms with Crippen LogP contribution in [0, 0.1) is 0 Å². The molecule has 2 heterocycles. The highest BCUT2D eigenvalue weighted by Crippen LogP contribution is 2.32. The van der Waals surface area contributed by atoms with Crippen LogP contribution < -0.4 is 14.9 Å². The van der Waals surface area contributed by atoms with Crippen LogP contribution in [-0.2, 0) is 9.53 Å². The minimum Gasteiger partial charge on any atom is -0.463 e. The minimum absolute atomic E-state index is 0.228. The maximum atomic E-state index is 13.6. The number of fused-ring (bicyclic) bond motifs is 1. The lowest BCUT2D eigenvalue weighted by Crippen LogP contribution is -2.39. The highest BCUT2D eigenvalue weighted by molar-refractivity contribution is 7.07. The van der Waals surface area contributed by atoms with E-state index in [9.17, 15) is 9.59 Å². The normalized spacial score (nSPS) is 16.0. The molecule has 2 aromatic carbocycles. The average molecular weight is 515 g/mol. The Morgan fingerprint density at radius 2 is 1.91 bits per heavy atom. The molecule has 0 spiro atoms. The molecule has 0 bridgehead atoms. The monoisotopic (exact) mass is 514 g/mol.